The van der Waals surface area contributed by atoms with Gasteiger partial charge in [-0.05, 0) is 36.6 Å². The highest BCUT2D eigenvalue weighted by molar-refractivity contribution is 5.49. The molecule has 1 N–H and O–H groups in total. The van der Waals surface area contributed by atoms with Crippen LogP contribution in [0.1, 0.15) is 12.0 Å². The SMILES string of the molecule is Fc1ccc(/C=C/C2CCNC2)cc1. The van der Waals surface area contributed by atoms with Crippen molar-refractivity contribution in [3.05, 3.63) is 41.7 Å². The number of benzene rings is 1. The van der Waals surface area contributed by atoms with Crippen LogP contribution in [0.25, 0.3) is 6.08 Å². The summed E-state index contributed by atoms with van der Waals surface area (Å²) in [6, 6.07) is 6.58. The predicted molar refractivity (Wildman–Crippen MR) is 56.4 cm³/mol. The number of halogens is 1. The molecule has 1 saturated heterocycles. The third kappa shape index (κ3) is 2.42. The van der Waals surface area contributed by atoms with Crippen LogP contribution < -0.4 is 5.32 Å². The van der Waals surface area contributed by atoms with E-state index in [9.17, 15) is 4.39 Å². The Morgan fingerprint density at radius 2 is 2.07 bits per heavy atom. The van der Waals surface area contributed by atoms with Crippen molar-refractivity contribution < 1.29 is 4.39 Å². The summed E-state index contributed by atoms with van der Waals surface area (Å²) in [5.41, 5.74) is 1.07. The lowest BCUT2D eigenvalue weighted by Gasteiger charge is -1.99. The Hall–Kier alpha value is -1.15. The molecule has 0 radical (unpaired) electrons. The highest BCUT2D eigenvalue weighted by Gasteiger charge is 2.09. The molecular weight excluding hydrogens is 177 g/mol. The summed E-state index contributed by atoms with van der Waals surface area (Å²) in [7, 11) is 0. The van der Waals surface area contributed by atoms with Gasteiger partial charge in [0.05, 0.1) is 0 Å². The summed E-state index contributed by atoms with van der Waals surface area (Å²) in [6.45, 7) is 2.18. The first-order valence-electron chi connectivity index (χ1n) is 4.99. The first kappa shape index (κ1) is 9.41. The zero-order valence-corrected chi connectivity index (χ0v) is 8.04. The fraction of sp³-hybridized carbons (Fsp3) is 0.333. The lowest BCUT2D eigenvalue weighted by Crippen LogP contribution is -2.07. The molecular formula is C12H14FN. The average Bonchev–Trinajstić information content (AvgIpc) is 2.70. The number of nitrogens with one attached hydrogen (secondary N) is 1. The van der Waals surface area contributed by atoms with Crippen LogP contribution >= 0.6 is 0 Å². The van der Waals surface area contributed by atoms with E-state index in [0.717, 1.165) is 18.7 Å². The molecule has 1 nitrogen and oxygen atoms in total. The Balaban J connectivity index is 1.99. The molecule has 0 aliphatic carbocycles. The van der Waals surface area contributed by atoms with E-state index in [1.165, 1.54) is 18.6 Å². The summed E-state index contributed by atoms with van der Waals surface area (Å²) in [6.07, 6.45) is 5.47. The van der Waals surface area contributed by atoms with Crippen molar-refractivity contribution in [2.75, 3.05) is 13.1 Å². The van der Waals surface area contributed by atoms with E-state index in [1.54, 1.807) is 12.1 Å². The smallest absolute Gasteiger partial charge is 0.123 e. The van der Waals surface area contributed by atoms with Crippen molar-refractivity contribution in [2.24, 2.45) is 5.92 Å². The lowest BCUT2D eigenvalue weighted by molar-refractivity contribution is 0.627. The topological polar surface area (TPSA) is 12.0 Å². The molecule has 1 heterocycles. The van der Waals surface area contributed by atoms with Crippen molar-refractivity contribution in [1.29, 1.82) is 0 Å². The average molecular weight is 191 g/mol. The molecule has 1 fully saturated rings. The first-order valence-corrected chi connectivity index (χ1v) is 4.99. The second-order valence-electron chi connectivity index (χ2n) is 3.66. The molecule has 1 aliphatic heterocycles. The second kappa shape index (κ2) is 4.38. The molecule has 1 aromatic rings. The molecule has 2 rings (SSSR count). The third-order valence-electron chi connectivity index (χ3n) is 2.53. The van der Waals surface area contributed by atoms with Crippen molar-refractivity contribution >= 4 is 6.08 Å². The Morgan fingerprint density at radius 3 is 2.71 bits per heavy atom. The van der Waals surface area contributed by atoms with Crippen LogP contribution in [0.4, 0.5) is 4.39 Å². The van der Waals surface area contributed by atoms with Crippen molar-refractivity contribution in [2.45, 2.75) is 6.42 Å². The lowest BCUT2D eigenvalue weighted by atomic mass is 10.1. The van der Waals surface area contributed by atoms with Gasteiger partial charge in [-0.2, -0.15) is 0 Å². The van der Waals surface area contributed by atoms with Gasteiger partial charge in [0.25, 0.3) is 0 Å². The van der Waals surface area contributed by atoms with Crippen LogP contribution in [0.2, 0.25) is 0 Å². The fourth-order valence-electron chi connectivity index (χ4n) is 1.66. The van der Waals surface area contributed by atoms with Gasteiger partial charge in [0.15, 0.2) is 0 Å². The standard InChI is InChI=1S/C12H14FN/c13-12-5-3-10(4-6-12)1-2-11-7-8-14-9-11/h1-6,11,14H,7-9H2/b2-1+. The van der Waals surface area contributed by atoms with Crippen LogP contribution in [0.15, 0.2) is 30.3 Å². The highest BCUT2D eigenvalue weighted by Crippen LogP contribution is 2.12. The van der Waals surface area contributed by atoms with E-state index in [0.29, 0.717) is 5.92 Å². The molecule has 14 heavy (non-hydrogen) atoms. The highest BCUT2D eigenvalue weighted by atomic mass is 19.1. The largest absolute Gasteiger partial charge is 0.316 e. The van der Waals surface area contributed by atoms with Crippen LogP contribution in [0.3, 0.4) is 0 Å². The maximum Gasteiger partial charge on any atom is 0.123 e. The normalized spacial score (nSPS) is 21.9. The summed E-state index contributed by atoms with van der Waals surface area (Å²) in [5, 5.41) is 3.31. The molecule has 2 heteroatoms. The summed E-state index contributed by atoms with van der Waals surface area (Å²) < 4.78 is 12.6. The minimum Gasteiger partial charge on any atom is -0.316 e. The van der Waals surface area contributed by atoms with Crippen LogP contribution in [-0.2, 0) is 0 Å². The van der Waals surface area contributed by atoms with Gasteiger partial charge in [0.2, 0.25) is 0 Å². The molecule has 1 unspecified atom stereocenters. The van der Waals surface area contributed by atoms with E-state index in [1.807, 2.05) is 0 Å². The number of hydrogen-bond acceptors (Lipinski definition) is 1. The van der Waals surface area contributed by atoms with Crippen molar-refractivity contribution in [3.63, 3.8) is 0 Å². The zero-order valence-electron chi connectivity index (χ0n) is 8.04. The minimum atomic E-state index is -0.176. The van der Waals surface area contributed by atoms with Gasteiger partial charge < -0.3 is 5.32 Å². The van der Waals surface area contributed by atoms with Gasteiger partial charge in [0.1, 0.15) is 5.82 Å². The fourth-order valence-corrected chi connectivity index (χ4v) is 1.66. The van der Waals surface area contributed by atoms with Gasteiger partial charge in [-0.15, -0.1) is 0 Å². The first-order chi connectivity index (χ1) is 6.84. The zero-order chi connectivity index (χ0) is 9.80. The number of rotatable bonds is 2. The van der Waals surface area contributed by atoms with Crippen LogP contribution in [0.5, 0.6) is 0 Å². The summed E-state index contributed by atoms with van der Waals surface area (Å²) >= 11 is 0. The number of hydrogen-bond donors (Lipinski definition) is 1. The molecule has 74 valence electrons. The molecule has 0 spiro atoms. The van der Waals surface area contributed by atoms with Gasteiger partial charge in [-0.3, -0.25) is 0 Å². The van der Waals surface area contributed by atoms with Crippen molar-refractivity contribution in [3.8, 4) is 0 Å². The Bertz CT molecular complexity index is 310. The van der Waals surface area contributed by atoms with Crippen LogP contribution in [0, 0.1) is 11.7 Å². The molecule has 0 bridgehead atoms. The Labute approximate surface area is 83.6 Å². The van der Waals surface area contributed by atoms with Gasteiger partial charge >= 0.3 is 0 Å². The predicted octanol–water partition coefficient (Wildman–Crippen LogP) is 2.45. The summed E-state index contributed by atoms with van der Waals surface area (Å²) in [5.74, 6) is 0.463. The van der Waals surface area contributed by atoms with Crippen molar-refractivity contribution in [1.82, 2.24) is 5.32 Å². The molecule has 1 aromatic carbocycles. The Kier molecular flexibility index (Phi) is 2.94. The molecule has 1 atom stereocenters. The van der Waals surface area contributed by atoms with E-state index in [2.05, 4.69) is 17.5 Å². The minimum absolute atomic E-state index is 0.176. The maximum absolute atomic E-state index is 12.6. The monoisotopic (exact) mass is 191 g/mol. The summed E-state index contributed by atoms with van der Waals surface area (Å²) in [4.78, 5) is 0. The quantitative estimate of drug-likeness (QED) is 0.757. The third-order valence-corrected chi connectivity index (χ3v) is 2.53. The van der Waals surface area contributed by atoms with E-state index in [4.69, 9.17) is 0 Å². The van der Waals surface area contributed by atoms with E-state index >= 15 is 0 Å². The Morgan fingerprint density at radius 1 is 1.29 bits per heavy atom. The maximum atomic E-state index is 12.6. The molecule has 1 aliphatic rings. The second-order valence-corrected chi connectivity index (χ2v) is 3.66. The van der Waals surface area contributed by atoms with Gasteiger partial charge in [-0.1, -0.05) is 24.3 Å². The van der Waals surface area contributed by atoms with E-state index in [-0.39, 0.29) is 5.82 Å². The van der Waals surface area contributed by atoms with Crippen LogP contribution in [-0.4, -0.2) is 13.1 Å². The van der Waals surface area contributed by atoms with Gasteiger partial charge in [0, 0.05) is 6.54 Å². The van der Waals surface area contributed by atoms with Gasteiger partial charge in [-0.25, -0.2) is 4.39 Å². The molecule has 0 amide bonds. The molecule has 0 saturated carbocycles. The molecule has 0 aromatic heterocycles. The van der Waals surface area contributed by atoms with E-state index < -0.39 is 0 Å².